The number of carbonyl (C=O) groups is 2. The van der Waals surface area contributed by atoms with Crippen molar-refractivity contribution >= 4 is 33.5 Å². The Labute approximate surface area is 110 Å². The summed E-state index contributed by atoms with van der Waals surface area (Å²) in [5.74, 6) is -1.03. The van der Waals surface area contributed by atoms with Gasteiger partial charge in [-0.05, 0) is 12.8 Å². The van der Waals surface area contributed by atoms with Crippen LogP contribution in [0, 0.1) is 0 Å². The van der Waals surface area contributed by atoms with Gasteiger partial charge < -0.3 is 10.4 Å². The van der Waals surface area contributed by atoms with E-state index in [1.807, 2.05) is 0 Å². The van der Waals surface area contributed by atoms with E-state index < -0.39 is 21.8 Å². The molecule has 0 aromatic heterocycles. The van der Waals surface area contributed by atoms with Crippen molar-refractivity contribution in [2.45, 2.75) is 31.1 Å². The third kappa shape index (κ3) is 4.85. The molecule has 1 heterocycles. The predicted octanol–water partition coefficient (Wildman–Crippen LogP) is -0.114. The van der Waals surface area contributed by atoms with Crippen molar-refractivity contribution < 1.29 is 23.1 Å². The Balaban J connectivity index is 2.32. The van der Waals surface area contributed by atoms with Crippen LogP contribution in [0.2, 0.25) is 0 Å². The van der Waals surface area contributed by atoms with Crippen LogP contribution >= 0.6 is 11.8 Å². The molecule has 1 fully saturated rings. The Bertz CT molecular complexity index is 420. The highest BCUT2D eigenvalue weighted by atomic mass is 32.2. The summed E-state index contributed by atoms with van der Waals surface area (Å²) < 4.78 is 22.4. The number of aliphatic carboxylic acids is 1. The van der Waals surface area contributed by atoms with Gasteiger partial charge in [-0.15, -0.1) is 11.8 Å². The van der Waals surface area contributed by atoms with Crippen molar-refractivity contribution in [1.82, 2.24) is 5.32 Å². The molecule has 0 bridgehead atoms. The molecule has 1 amide bonds. The second-order valence-corrected chi connectivity index (χ2v) is 7.72. The van der Waals surface area contributed by atoms with Crippen LogP contribution in [0.3, 0.4) is 0 Å². The van der Waals surface area contributed by atoms with Crippen LogP contribution in [-0.2, 0) is 19.4 Å². The zero-order valence-corrected chi connectivity index (χ0v) is 11.7. The Morgan fingerprint density at radius 3 is 2.61 bits per heavy atom. The van der Waals surface area contributed by atoms with Crippen LogP contribution in [0.1, 0.15) is 19.8 Å². The van der Waals surface area contributed by atoms with Crippen molar-refractivity contribution in [3.05, 3.63) is 0 Å². The van der Waals surface area contributed by atoms with Gasteiger partial charge in [-0.25, -0.2) is 13.2 Å². The lowest BCUT2D eigenvalue weighted by Gasteiger charge is -2.13. The maximum Gasteiger partial charge on any atom is 0.326 e. The van der Waals surface area contributed by atoms with Crippen molar-refractivity contribution in [3.63, 3.8) is 0 Å². The standard InChI is InChI=1S/C10H17NO5S2/c1-2-8(10(13)14)11-9(12)5-17-7-3-4-18(15,16)6-7/h7-8H,2-6H2,1H3,(H,11,12)(H,13,14)/t7?,8-/m0/s1. The summed E-state index contributed by atoms with van der Waals surface area (Å²) in [6.07, 6.45) is 0.889. The van der Waals surface area contributed by atoms with E-state index in [4.69, 9.17) is 5.11 Å². The van der Waals surface area contributed by atoms with E-state index in [9.17, 15) is 18.0 Å². The molecule has 1 rings (SSSR count). The molecule has 0 aliphatic carbocycles. The zero-order valence-electron chi connectivity index (χ0n) is 10.1. The molecule has 0 aromatic rings. The number of hydrogen-bond acceptors (Lipinski definition) is 5. The fourth-order valence-electron chi connectivity index (χ4n) is 1.66. The van der Waals surface area contributed by atoms with Gasteiger partial charge in [0, 0.05) is 5.25 Å². The number of rotatable bonds is 6. The monoisotopic (exact) mass is 295 g/mol. The zero-order chi connectivity index (χ0) is 13.8. The minimum absolute atomic E-state index is 0.0503. The Hall–Kier alpha value is -0.760. The first-order chi connectivity index (χ1) is 8.34. The lowest BCUT2D eigenvalue weighted by Crippen LogP contribution is -2.41. The van der Waals surface area contributed by atoms with Crippen molar-refractivity contribution in [2.24, 2.45) is 0 Å². The highest BCUT2D eigenvalue weighted by Gasteiger charge is 2.28. The third-order valence-corrected chi connectivity index (χ3v) is 5.96. The second-order valence-electron chi connectivity index (χ2n) is 4.20. The summed E-state index contributed by atoms with van der Waals surface area (Å²) in [4.78, 5) is 22.2. The van der Waals surface area contributed by atoms with Crippen LogP contribution in [0.4, 0.5) is 0 Å². The van der Waals surface area contributed by atoms with Crippen LogP contribution in [0.5, 0.6) is 0 Å². The SMILES string of the molecule is CC[C@H](NC(=O)CSC1CCS(=O)(=O)C1)C(=O)O. The molecule has 1 unspecified atom stereocenters. The molecule has 2 N–H and O–H groups in total. The average molecular weight is 295 g/mol. The molecule has 2 atom stereocenters. The lowest BCUT2D eigenvalue weighted by atomic mass is 10.2. The highest BCUT2D eigenvalue weighted by molar-refractivity contribution is 8.02. The minimum Gasteiger partial charge on any atom is -0.480 e. The number of carbonyl (C=O) groups excluding carboxylic acids is 1. The van der Waals surface area contributed by atoms with Crippen LogP contribution in [-0.4, -0.2) is 54.0 Å². The first kappa shape index (κ1) is 15.3. The molecule has 1 aliphatic rings. The molecule has 104 valence electrons. The van der Waals surface area contributed by atoms with Gasteiger partial charge in [0.2, 0.25) is 5.91 Å². The number of nitrogens with one attached hydrogen (secondary N) is 1. The van der Waals surface area contributed by atoms with Crippen LogP contribution in [0.15, 0.2) is 0 Å². The topological polar surface area (TPSA) is 101 Å². The van der Waals surface area contributed by atoms with Gasteiger partial charge in [-0.3, -0.25) is 4.79 Å². The van der Waals surface area contributed by atoms with Gasteiger partial charge in [-0.1, -0.05) is 6.92 Å². The second kappa shape index (κ2) is 6.42. The summed E-state index contributed by atoms with van der Waals surface area (Å²) in [6, 6.07) is -0.870. The van der Waals surface area contributed by atoms with E-state index in [0.717, 1.165) is 0 Å². The molecule has 0 radical (unpaired) electrons. The summed E-state index contributed by atoms with van der Waals surface area (Å²) in [6.45, 7) is 1.68. The van der Waals surface area contributed by atoms with Crippen LogP contribution < -0.4 is 5.32 Å². The van der Waals surface area contributed by atoms with Crippen LogP contribution in [0.25, 0.3) is 0 Å². The maximum absolute atomic E-state index is 11.5. The summed E-state index contributed by atoms with van der Waals surface area (Å²) in [5.41, 5.74) is 0. The number of thioether (sulfide) groups is 1. The number of amides is 1. The number of carboxylic acid groups (broad SMARTS) is 1. The molecular weight excluding hydrogens is 278 g/mol. The molecule has 18 heavy (non-hydrogen) atoms. The normalized spacial score (nSPS) is 23.5. The van der Waals surface area contributed by atoms with E-state index in [1.54, 1.807) is 6.92 Å². The number of sulfone groups is 1. The maximum atomic E-state index is 11.5. The first-order valence-electron chi connectivity index (χ1n) is 5.68. The molecule has 0 aromatic carbocycles. The molecule has 8 heteroatoms. The molecule has 0 saturated carbocycles. The van der Waals surface area contributed by atoms with Gasteiger partial charge in [0.25, 0.3) is 0 Å². The first-order valence-corrected chi connectivity index (χ1v) is 8.55. The molecular formula is C10H17NO5S2. The van der Waals surface area contributed by atoms with E-state index >= 15 is 0 Å². The highest BCUT2D eigenvalue weighted by Crippen LogP contribution is 2.23. The van der Waals surface area contributed by atoms with Crippen molar-refractivity contribution in [2.75, 3.05) is 17.3 Å². The Morgan fingerprint density at radius 1 is 1.50 bits per heavy atom. The quantitative estimate of drug-likeness (QED) is 0.709. The van der Waals surface area contributed by atoms with Gasteiger partial charge in [0.1, 0.15) is 6.04 Å². The van der Waals surface area contributed by atoms with Crippen molar-refractivity contribution in [1.29, 1.82) is 0 Å². The van der Waals surface area contributed by atoms with E-state index in [0.29, 0.717) is 12.8 Å². The number of carboxylic acids is 1. The van der Waals surface area contributed by atoms with Gasteiger partial charge >= 0.3 is 5.97 Å². The third-order valence-electron chi connectivity index (χ3n) is 2.68. The van der Waals surface area contributed by atoms with Gasteiger partial charge in [0.05, 0.1) is 17.3 Å². The Morgan fingerprint density at radius 2 is 2.17 bits per heavy atom. The average Bonchev–Trinajstić information content (AvgIpc) is 2.62. The number of hydrogen-bond donors (Lipinski definition) is 2. The summed E-state index contributed by atoms with van der Waals surface area (Å²) in [7, 11) is -2.93. The molecule has 0 spiro atoms. The minimum atomic E-state index is -2.93. The van der Waals surface area contributed by atoms with E-state index in [1.165, 1.54) is 11.8 Å². The fraction of sp³-hybridized carbons (Fsp3) is 0.800. The van der Waals surface area contributed by atoms with E-state index in [-0.39, 0.29) is 28.4 Å². The van der Waals surface area contributed by atoms with E-state index in [2.05, 4.69) is 5.32 Å². The largest absolute Gasteiger partial charge is 0.480 e. The predicted molar refractivity (Wildman–Crippen MR) is 69.4 cm³/mol. The van der Waals surface area contributed by atoms with Gasteiger partial charge in [-0.2, -0.15) is 0 Å². The smallest absolute Gasteiger partial charge is 0.326 e. The molecule has 1 saturated heterocycles. The molecule has 6 nitrogen and oxygen atoms in total. The summed E-state index contributed by atoms with van der Waals surface area (Å²) >= 11 is 1.27. The fourth-order valence-corrected chi connectivity index (χ4v) is 5.11. The summed E-state index contributed by atoms with van der Waals surface area (Å²) in [5, 5.41) is 11.1. The van der Waals surface area contributed by atoms with Gasteiger partial charge in [0.15, 0.2) is 9.84 Å². The molecule has 1 aliphatic heterocycles. The van der Waals surface area contributed by atoms with Crippen molar-refractivity contribution in [3.8, 4) is 0 Å². The lowest BCUT2D eigenvalue weighted by molar-refractivity contribution is -0.141. The Kier molecular flexibility index (Phi) is 5.46.